The molecule has 0 fully saturated rings. The second kappa shape index (κ2) is 5.32. The largest absolute Gasteiger partial charge is 0.376 e. The summed E-state index contributed by atoms with van der Waals surface area (Å²) in [6.07, 6.45) is 1.85. The maximum atomic E-state index is 4.31. The summed E-state index contributed by atoms with van der Waals surface area (Å²) in [5, 5.41) is 6.59. The van der Waals surface area contributed by atoms with Crippen molar-refractivity contribution in [1.82, 2.24) is 4.98 Å². The van der Waals surface area contributed by atoms with Crippen LogP contribution < -0.4 is 5.32 Å². The smallest absolute Gasteiger partial charge is 0.115 e. The maximum absolute atomic E-state index is 4.31. The zero-order valence-corrected chi connectivity index (χ0v) is 11.3. The Labute approximate surface area is 107 Å². The van der Waals surface area contributed by atoms with E-state index in [1.165, 1.54) is 5.56 Å². The molecule has 0 bridgehead atoms. The number of nitrogens with one attached hydrogen (secondary N) is 1. The lowest BCUT2D eigenvalue weighted by Crippen LogP contribution is -2.06. The fraction of sp³-hybridized carbons (Fsp3) is 0.357. The number of benzene rings is 1. The zero-order valence-electron chi connectivity index (χ0n) is 10.5. The van der Waals surface area contributed by atoms with Crippen LogP contribution in [-0.4, -0.2) is 4.98 Å². The first-order valence-corrected chi connectivity index (χ1v) is 6.80. The summed E-state index contributed by atoms with van der Waals surface area (Å²) in [6, 6.07) is 8.90. The standard InChI is InChI=1S/C14H18N2S/c1-10(2)12-4-6-13(7-5-12)16-11(3)14-15-8-9-17-14/h4-11,16H,1-3H3. The van der Waals surface area contributed by atoms with Gasteiger partial charge in [-0.15, -0.1) is 11.3 Å². The van der Waals surface area contributed by atoms with Crippen LogP contribution in [0.15, 0.2) is 35.8 Å². The molecule has 0 radical (unpaired) electrons. The molecule has 17 heavy (non-hydrogen) atoms. The van der Waals surface area contributed by atoms with Crippen LogP contribution in [0.2, 0.25) is 0 Å². The van der Waals surface area contributed by atoms with Crippen molar-refractivity contribution < 1.29 is 0 Å². The lowest BCUT2D eigenvalue weighted by Gasteiger charge is -2.13. The third-order valence-electron chi connectivity index (χ3n) is 2.78. The molecule has 0 aliphatic carbocycles. The van der Waals surface area contributed by atoms with Crippen molar-refractivity contribution in [3.05, 3.63) is 46.4 Å². The van der Waals surface area contributed by atoms with Crippen LogP contribution in [-0.2, 0) is 0 Å². The average molecular weight is 246 g/mol. The van der Waals surface area contributed by atoms with E-state index in [0.717, 1.165) is 10.7 Å². The highest BCUT2D eigenvalue weighted by Gasteiger charge is 2.07. The van der Waals surface area contributed by atoms with E-state index in [1.807, 2.05) is 11.6 Å². The Kier molecular flexibility index (Phi) is 3.79. The molecule has 90 valence electrons. The van der Waals surface area contributed by atoms with E-state index in [2.05, 4.69) is 55.3 Å². The van der Waals surface area contributed by atoms with Crippen LogP contribution in [0.4, 0.5) is 5.69 Å². The van der Waals surface area contributed by atoms with Crippen LogP contribution >= 0.6 is 11.3 Å². The molecule has 1 aromatic carbocycles. The molecular formula is C14H18N2S. The van der Waals surface area contributed by atoms with Crippen molar-refractivity contribution >= 4 is 17.0 Å². The monoisotopic (exact) mass is 246 g/mol. The Hall–Kier alpha value is -1.35. The highest BCUT2D eigenvalue weighted by atomic mass is 32.1. The van der Waals surface area contributed by atoms with Gasteiger partial charge < -0.3 is 5.32 Å². The van der Waals surface area contributed by atoms with E-state index in [-0.39, 0.29) is 6.04 Å². The predicted octanol–water partition coefficient (Wildman–Crippen LogP) is 4.44. The van der Waals surface area contributed by atoms with Crippen molar-refractivity contribution in [2.45, 2.75) is 32.7 Å². The number of hydrogen-bond acceptors (Lipinski definition) is 3. The van der Waals surface area contributed by atoms with E-state index in [4.69, 9.17) is 0 Å². The molecule has 1 unspecified atom stereocenters. The van der Waals surface area contributed by atoms with Gasteiger partial charge in [-0.05, 0) is 30.5 Å². The second-order valence-electron chi connectivity index (χ2n) is 4.51. The van der Waals surface area contributed by atoms with Gasteiger partial charge in [-0.1, -0.05) is 26.0 Å². The second-order valence-corrected chi connectivity index (χ2v) is 5.44. The third-order valence-corrected chi connectivity index (χ3v) is 3.74. The predicted molar refractivity (Wildman–Crippen MR) is 74.7 cm³/mol. The normalized spacial score (nSPS) is 12.7. The first-order valence-electron chi connectivity index (χ1n) is 5.92. The van der Waals surface area contributed by atoms with Crippen molar-refractivity contribution in [2.24, 2.45) is 0 Å². The minimum absolute atomic E-state index is 0.264. The highest BCUT2D eigenvalue weighted by molar-refractivity contribution is 7.09. The number of nitrogens with zero attached hydrogens (tertiary/aromatic N) is 1. The van der Waals surface area contributed by atoms with Crippen molar-refractivity contribution in [1.29, 1.82) is 0 Å². The molecule has 3 heteroatoms. The third kappa shape index (κ3) is 3.07. The summed E-state index contributed by atoms with van der Waals surface area (Å²) < 4.78 is 0. The number of anilines is 1. The van der Waals surface area contributed by atoms with Gasteiger partial charge in [0.25, 0.3) is 0 Å². The van der Waals surface area contributed by atoms with E-state index in [9.17, 15) is 0 Å². The van der Waals surface area contributed by atoms with Gasteiger partial charge in [0.1, 0.15) is 5.01 Å². The number of hydrogen-bond donors (Lipinski definition) is 1. The van der Waals surface area contributed by atoms with Crippen LogP contribution in [0.5, 0.6) is 0 Å². The Morgan fingerprint density at radius 2 is 1.82 bits per heavy atom. The molecule has 0 spiro atoms. The van der Waals surface area contributed by atoms with Crippen LogP contribution in [0, 0.1) is 0 Å². The van der Waals surface area contributed by atoms with Gasteiger partial charge in [-0.3, -0.25) is 0 Å². The molecule has 2 rings (SSSR count). The highest BCUT2D eigenvalue weighted by Crippen LogP contribution is 2.22. The Morgan fingerprint density at radius 1 is 1.12 bits per heavy atom. The minimum atomic E-state index is 0.264. The SMILES string of the molecule is CC(C)c1ccc(NC(C)c2nccs2)cc1. The molecule has 2 aromatic rings. The molecule has 0 aliphatic rings. The minimum Gasteiger partial charge on any atom is -0.376 e. The quantitative estimate of drug-likeness (QED) is 0.862. The summed E-state index contributed by atoms with van der Waals surface area (Å²) in [5.74, 6) is 0.584. The number of rotatable bonds is 4. The van der Waals surface area contributed by atoms with E-state index >= 15 is 0 Å². The summed E-state index contributed by atoms with van der Waals surface area (Å²) in [7, 11) is 0. The van der Waals surface area contributed by atoms with Crippen molar-refractivity contribution in [2.75, 3.05) is 5.32 Å². The fourth-order valence-corrected chi connectivity index (χ4v) is 2.37. The molecule has 2 nitrogen and oxygen atoms in total. The van der Waals surface area contributed by atoms with Crippen LogP contribution in [0.1, 0.15) is 43.3 Å². The molecule has 1 N–H and O–H groups in total. The number of aromatic nitrogens is 1. The van der Waals surface area contributed by atoms with E-state index in [0.29, 0.717) is 5.92 Å². The molecule has 1 heterocycles. The molecule has 0 aliphatic heterocycles. The first-order chi connectivity index (χ1) is 8.16. The van der Waals surface area contributed by atoms with Crippen LogP contribution in [0.3, 0.4) is 0 Å². The van der Waals surface area contributed by atoms with E-state index in [1.54, 1.807) is 11.3 Å². The summed E-state index contributed by atoms with van der Waals surface area (Å²) in [6.45, 7) is 6.55. The molecule has 1 atom stereocenters. The van der Waals surface area contributed by atoms with Gasteiger partial charge in [0.15, 0.2) is 0 Å². The fourth-order valence-electron chi connectivity index (χ4n) is 1.72. The first kappa shape index (κ1) is 12.1. The summed E-state index contributed by atoms with van der Waals surface area (Å²) in [4.78, 5) is 4.31. The van der Waals surface area contributed by atoms with Gasteiger partial charge in [-0.2, -0.15) is 0 Å². The zero-order chi connectivity index (χ0) is 12.3. The molecule has 1 aromatic heterocycles. The van der Waals surface area contributed by atoms with Gasteiger partial charge in [0.2, 0.25) is 0 Å². The average Bonchev–Trinajstić information content (AvgIpc) is 2.83. The molecule has 0 amide bonds. The number of thiazole rings is 1. The van der Waals surface area contributed by atoms with Crippen molar-refractivity contribution in [3.63, 3.8) is 0 Å². The molecular weight excluding hydrogens is 228 g/mol. The lowest BCUT2D eigenvalue weighted by molar-refractivity contribution is 0.859. The Balaban J connectivity index is 2.04. The Morgan fingerprint density at radius 3 is 2.35 bits per heavy atom. The summed E-state index contributed by atoms with van der Waals surface area (Å²) in [5.41, 5.74) is 2.52. The van der Waals surface area contributed by atoms with Crippen molar-refractivity contribution in [3.8, 4) is 0 Å². The molecule has 0 saturated carbocycles. The maximum Gasteiger partial charge on any atom is 0.115 e. The molecule has 0 saturated heterocycles. The van der Waals surface area contributed by atoms with Gasteiger partial charge in [-0.25, -0.2) is 4.98 Å². The lowest BCUT2D eigenvalue weighted by atomic mass is 10.0. The van der Waals surface area contributed by atoms with Gasteiger partial charge in [0, 0.05) is 17.3 Å². The van der Waals surface area contributed by atoms with Gasteiger partial charge in [0.05, 0.1) is 6.04 Å². The van der Waals surface area contributed by atoms with E-state index < -0.39 is 0 Å². The van der Waals surface area contributed by atoms with Gasteiger partial charge >= 0.3 is 0 Å². The topological polar surface area (TPSA) is 24.9 Å². The van der Waals surface area contributed by atoms with Crippen LogP contribution in [0.25, 0.3) is 0 Å². The Bertz CT molecular complexity index is 446. The summed E-state index contributed by atoms with van der Waals surface area (Å²) >= 11 is 1.68.